The number of H-pyrrole nitrogens is 1. The molecule has 0 saturated carbocycles. The number of nitrogens with zero attached hydrogens (tertiary/aromatic N) is 5. The number of carbonyl (C=O) groups is 1. The summed E-state index contributed by atoms with van der Waals surface area (Å²) in [5.41, 5.74) is 2.40. The first-order chi connectivity index (χ1) is 14.6. The minimum absolute atomic E-state index is 0.0923. The molecule has 0 aliphatic carbocycles. The van der Waals surface area contributed by atoms with Crippen molar-refractivity contribution in [2.75, 3.05) is 33.3 Å². The van der Waals surface area contributed by atoms with Crippen molar-refractivity contribution in [2.24, 2.45) is 5.92 Å². The Balaban J connectivity index is 1.33. The summed E-state index contributed by atoms with van der Waals surface area (Å²) in [7, 11) is 1.77. The van der Waals surface area contributed by atoms with E-state index in [1.165, 1.54) is 6.20 Å². The molecule has 9 nitrogen and oxygen atoms in total. The lowest BCUT2D eigenvalue weighted by molar-refractivity contribution is 0.0386. The van der Waals surface area contributed by atoms with E-state index >= 15 is 0 Å². The highest BCUT2D eigenvalue weighted by Gasteiger charge is 2.37. The van der Waals surface area contributed by atoms with Crippen LogP contribution in [0.4, 0.5) is 0 Å². The standard InChI is InChI=1S/C21H28N6O3/c1-30-17-4-6-25(7-5-17)12-15-2-3-19-16-8-14(11-27(19)20(15)28)10-26(13-16)21(29)18-9-22-24-23-18/h2-3,9,14,16-17H,4-8,10-13H2,1H3,(H,22,23,24)/t14-,16+/m0/s1. The Labute approximate surface area is 175 Å². The lowest BCUT2D eigenvalue weighted by atomic mass is 9.83. The van der Waals surface area contributed by atoms with Gasteiger partial charge in [-0.05, 0) is 31.2 Å². The second kappa shape index (κ2) is 7.96. The van der Waals surface area contributed by atoms with Gasteiger partial charge in [-0.2, -0.15) is 15.4 Å². The molecule has 0 spiro atoms. The Morgan fingerprint density at radius 3 is 2.80 bits per heavy atom. The van der Waals surface area contributed by atoms with Crippen molar-refractivity contribution in [2.45, 2.75) is 44.4 Å². The average Bonchev–Trinajstić information content (AvgIpc) is 3.31. The van der Waals surface area contributed by atoms with Gasteiger partial charge in [-0.1, -0.05) is 6.07 Å². The second-order valence-electron chi connectivity index (χ2n) is 8.77. The molecule has 30 heavy (non-hydrogen) atoms. The number of rotatable bonds is 4. The van der Waals surface area contributed by atoms with Gasteiger partial charge in [-0.15, -0.1) is 0 Å². The minimum atomic E-state index is -0.0923. The van der Waals surface area contributed by atoms with E-state index in [2.05, 4.69) is 26.4 Å². The molecule has 2 aromatic rings. The molecular weight excluding hydrogens is 384 g/mol. The van der Waals surface area contributed by atoms with E-state index in [4.69, 9.17) is 4.74 Å². The Bertz CT molecular complexity index is 964. The fourth-order valence-electron chi connectivity index (χ4n) is 5.29. The van der Waals surface area contributed by atoms with E-state index in [0.717, 1.165) is 43.6 Å². The van der Waals surface area contributed by atoms with Crippen molar-refractivity contribution in [3.8, 4) is 0 Å². The average molecular weight is 412 g/mol. The lowest BCUT2D eigenvalue weighted by Crippen LogP contribution is -2.49. The van der Waals surface area contributed by atoms with Gasteiger partial charge in [0.25, 0.3) is 11.5 Å². The van der Waals surface area contributed by atoms with Crippen LogP contribution in [0.1, 0.15) is 46.9 Å². The number of amides is 1. The molecule has 3 aliphatic rings. The summed E-state index contributed by atoms with van der Waals surface area (Å²) in [5.74, 6) is 0.385. The number of carbonyl (C=O) groups excluding carboxylic acids is 1. The highest BCUT2D eigenvalue weighted by Crippen LogP contribution is 2.35. The number of nitrogens with one attached hydrogen (secondary N) is 1. The van der Waals surface area contributed by atoms with Gasteiger partial charge in [0, 0.05) is 63.6 Å². The van der Waals surface area contributed by atoms with Crippen LogP contribution in [0.15, 0.2) is 23.1 Å². The Morgan fingerprint density at radius 1 is 1.23 bits per heavy atom. The molecule has 5 rings (SSSR count). The zero-order chi connectivity index (χ0) is 20.7. The molecule has 2 aromatic heterocycles. The van der Waals surface area contributed by atoms with E-state index in [1.54, 1.807) is 7.11 Å². The third kappa shape index (κ3) is 3.56. The van der Waals surface area contributed by atoms with Crippen LogP contribution in [0.5, 0.6) is 0 Å². The predicted molar refractivity (Wildman–Crippen MR) is 109 cm³/mol. The van der Waals surface area contributed by atoms with Crippen LogP contribution in [-0.2, 0) is 17.8 Å². The van der Waals surface area contributed by atoms with Gasteiger partial charge in [-0.25, -0.2) is 0 Å². The molecular formula is C21H28N6O3. The zero-order valence-corrected chi connectivity index (χ0v) is 17.3. The summed E-state index contributed by atoms with van der Waals surface area (Å²) >= 11 is 0. The molecule has 0 radical (unpaired) electrons. The molecule has 2 bridgehead atoms. The van der Waals surface area contributed by atoms with Crippen LogP contribution in [0, 0.1) is 5.92 Å². The van der Waals surface area contributed by atoms with E-state index in [-0.39, 0.29) is 23.3 Å². The maximum atomic E-state index is 13.2. The predicted octanol–water partition coefficient (Wildman–Crippen LogP) is 0.837. The summed E-state index contributed by atoms with van der Waals surface area (Å²) in [6, 6.07) is 4.10. The van der Waals surface area contributed by atoms with Gasteiger partial charge < -0.3 is 14.2 Å². The number of fused-ring (bicyclic) bond motifs is 4. The molecule has 0 unspecified atom stereocenters. The quantitative estimate of drug-likeness (QED) is 0.799. The van der Waals surface area contributed by atoms with Crippen LogP contribution in [0.25, 0.3) is 0 Å². The van der Waals surface area contributed by atoms with Crippen molar-refractivity contribution in [1.29, 1.82) is 0 Å². The van der Waals surface area contributed by atoms with Gasteiger partial charge in [0.1, 0.15) is 0 Å². The van der Waals surface area contributed by atoms with E-state index in [9.17, 15) is 9.59 Å². The Morgan fingerprint density at radius 2 is 2.07 bits per heavy atom. The van der Waals surface area contributed by atoms with Crippen molar-refractivity contribution >= 4 is 5.91 Å². The van der Waals surface area contributed by atoms with E-state index in [1.807, 2.05) is 15.5 Å². The third-order valence-electron chi connectivity index (χ3n) is 6.87. The summed E-state index contributed by atoms with van der Waals surface area (Å²) in [6.45, 7) is 4.57. The number of aromatic amines is 1. The molecule has 1 N–H and O–H groups in total. The molecule has 0 aromatic carbocycles. The number of hydrogen-bond donors (Lipinski definition) is 1. The maximum absolute atomic E-state index is 13.2. The summed E-state index contributed by atoms with van der Waals surface area (Å²) in [5, 5.41) is 10.2. The molecule has 2 saturated heterocycles. The van der Waals surface area contributed by atoms with Gasteiger partial charge in [0.15, 0.2) is 5.69 Å². The van der Waals surface area contributed by atoms with Crippen LogP contribution in [-0.4, -0.2) is 75.1 Å². The maximum Gasteiger partial charge on any atom is 0.276 e. The number of hydrogen-bond acceptors (Lipinski definition) is 6. The van der Waals surface area contributed by atoms with Gasteiger partial charge in [-0.3, -0.25) is 14.5 Å². The van der Waals surface area contributed by atoms with Crippen molar-refractivity contribution in [3.63, 3.8) is 0 Å². The number of piperidine rings is 2. The minimum Gasteiger partial charge on any atom is -0.381 e. The van der Waals surface area contributed by atoms with Crippen molar-refractivity contribution in [3.05, 3.63) is 45.6 Å². The first kappa shape index (κ1) is 19.4. The van der Waals surface area contributed by atoms with Crippen molar-refractivity contribution in [1.82, 2.24) is 29.8 Å². The highest BCUT2D eigenvalue weighted by molar-refractivity contribution is 5.92. The molecule has 5 heterocycles. The van der Waals surface area contributed by atoms with Gasteiger partial charge >= 0.3 is 0 Å². The van der Waals surface area contributed by atoms with Gasteiger partial charge in [0.05, 0.1) is 12.3 Å². The first-order valence-electron chi connectivity index (χ1n) is 10.7. The fraction of sp³-hybridized carbons (Fsp3) is 0.619. The molecule has 2 fully saturated rings. The van der Waals surface area contributed by atoms with Crippen LogP contribution in [0.3, 0.4) is 0 Å². The molecule has 2 atom stereocenters. The van der Waals surface area contributed by atoms with Gasteiger partial charge in [0.2, 0.25) is 0 Å². The molecule has 160 valence electrons. The first-order valence-corrected chi connectivity index (χ1v) is 10.7. The monoisotopic (exact) mass is 412 g/mol. The number of likely N-dealkylation sites (tertiary alicyclic amines) is 2. The SMILES string of the molecule is COC1CCN(Cc2ccc3n(c2=O)C[C@H]2C[C@@H]3CN(C(=O)c3cn[nH]n3)C2)CC1. The fourth-order valence-corrected chi connectivity index (χ4v) is 5.29. The zero-order valence-electron chi connectivity index (χ0n) is 17.3. The summed E-state index contributed by atoms with van der Waals surface area (Å²) in [6.07, 6.45) is 4.86. The van der Waals surface area contributed by atoms with Crippen LogP contribution >= 0.6 is 0 Å². The van der Waals surface area contributed by atoms with Crippen molar-refractivity contribution < 1.29 is 9.53 Å². The number of methoxy groups -OCH3 is 1. The number of aromatic nitrogens is 4. The van der Waals surface area contributed by atoms with Crippen LogP contribution in [0.2, 0.25) is 0 Å². The third-order valence-corrected chi connectivity index (χ3v) is 6.87. The Kier molecular flexibility index (Phi) is 5.16. The molecule has 9 heteroatoms. The van der Waals surface area contributed by atoms with Crippen LogP contribution < -0.4 is 5.56 Å². The molecule has 3 aliphatic heterocycles. The highest BCUT2D eigenvalue weighted by atomic mass is 16.5. The van der Waals surface area contributed by atoms with E-state index in [0.29, 0.717) is 38.0 Å². The number of ether oxygens (including phenoxy) is 1. The Hall–Kier alpha value is -2.52. The summed E-state index contributed by atoms with van der Waals surface area (Å²) < 4.78 is 7.42. The number of pyridine rings is 1. The normalized spacial score (nSPS) is 24.6. The van der Waals surface area contributed by atoms with E-state index < -0.39 is 0 Å². The topological polar surface area (TPSA) is 96.4 Å². The smallest absolute Gasteiger partial charge is 0.276 e. The molecule has 1 amide bonds. The second-order valence-corrected chi connectivity index (χ2v) is 8.77. The largest absolute Gasteiger partial charge is 0.381 e. The lowest BCUT2D eigenvalue weighted by Gasteiger charge is -2.42. The summed E-state index contributed by atoms with van der Waals surface area (Å²) in [4.78, 5) is 30.2.